The van der Waals surface area contributed by atoms with E-state index in [-0.39, 0.29) is 22.5 Å². The van der Waals surface area contributed by atoms with E-state index < -0.39 is 6.10 Å². The van der Waals surface area contributed by atoms with Crippen LogP contribution in [-0.2, 0) is 4.79 Å². The van der Waals surface area contributed by atoms with E-state index in [1.807, 2.05) is 0 Å². The predicted octanol–water partition coefficient (Wildman–Crippen LogP) is 4.45. The highest BCUT2D eigenvalue weighted by atomic mass is 16.3. The maximum atomic E-state index is 12.5. The number of hydrogen-bond acceptors (Lipinski definition) is 3. The Hall–Kier alpha value is -0.670. The molecule has 0 aromatic rings. The van der Waals surface area contributed by atoms with Gasteiger partial charge in [0.15, 0.2) is 0 Å². The summed E-state index contributed by atoms with van der Waals surface area (Å²) in [6, 6.07) is 0.546. The maximum Gasteiger partial charge on any atom is 0.136 e. The van der Waals surface area contributed by atoms with E-state index in [1.165, 1.54) is 44.1 Å². The van der Waals surface area contributed by atoms with E-state index in [0.717, 1.165) is 12.8 Å². The molecular formula is C25H39NO2. The van der Waals surface area contributed by atoms with E-state index in [4.69, 9.17) is 0 Å². The lowest BCUT2D eigenvalue weighted by Crippen LogP contribution is -2.55. The van der Waals surface area contributed by atoms with Crippen LogP contribution in [0.15, 0.2) is 12.2 Å². The molecule has 0 radical (unpaired) electrons. The highest BCUT2D eigenvalue weighted by molar-refractivity contribution is 5.80. The summed E-state index contributed by atoms with van der Waals surface area (Å²) in [5.41, 5.74) is 2.48. The molecule has 5 fully saturated rings. The third-order valence-electron chi connectivity index (χ3n) is 11.2. The van der Waals surface area contributed by atoms with Crippen LogP contribution in [0, 0.1) is 39.4 Å². The summed E-state index contributed by atoms with van der Waals surface area (Å²) in [4.78, 5) is 14.9. The molecule has 5 rings (SSSR count). The fourth-order valence-corrected chi connectivity index (χ4v) is 9.99. The molecule has 0 amide bonds. The molecule has 9 atom stereocenters. The van der Waals surface area contributed by atoms with E-state index in [9.17, 15) is 9.90 Å². The first-order chi connectivity index (χ1) is 13.0. The lowest BCUT2D eigenvalue weighted by Gasteiger charge is -2.61. The average molecular weight is 386 g/mol. The van der Waals surface area contributed by atoms with Gasteiger partial charge in [-0.1, -0.05) is 26.0 Å². The predicted molar refractivity (Wildman–Crippen MR) is 112 cm³/mol. The molecule has 0 bridgehead atoms. The second-order valence-corrected chi connectivity index (χ2v) is 12.0. The first-order valence-corrected chi connectivity index (χ1v) is 11.6. The Morgan fingerprint density at radius 1 is 1.07 bits per heavy atom. The topological polar surface area (TPSA) is 40.5 Å². The maximum absolute atomic E-state index is 12.5. The van der Waals surface area contributed by atoms with Crippen molar-refractivity contribution >= 4 is 5.78 Å². The summed E-state index contributed by atoms with van der Waals surface area (Å²) in [7, 11) is 4.41. The van der Waals surface area contributed by atoms with Gasteiger partial charge in [0.25, 0.3) is 0 Å². The lowest BCUT2D eigenvalue weighted by atomic mass is 9.43. The Balaban J connectivity index is 1.52. The van der Waals surface area contributed by atoms with Gasteiger partial charge < -0.3 is 10.0 Å². The third kappa shape index (κ3) is 1.92. The van der Waals surface area contributed by atoms with Crippen LogP contribution in [0.25, 0.3) is 0 Å². The van der Waals surface area contributed by atoms with Gasteiger partial charge in [-0.2, -0.15) is 0 Å². The fourth-order valence-electron chi connectivity index (χ4n) is 9.99. The van der Waals surface area contributed by atoms with Crippen molar-refractivity contribution in [2.45, 2.75) is 84.3 Å². The lowest BCUT2D eigenvalue weighted by molar-refractivity contribution is -0.141. The van der Waals surface area contributed by atoms with Gasteiger partial charge in [-0.25, -0.2) is 0 Å². The molecule has 0 aliphatic heterocycles. The van der Waals surface area contributed by atoms with E-state index in [2.05, 4.69) is 39.4 Å². The molecule has 5 aliphatic carbocycles. The Labute approximate surface area is 170 Å². The summed E-state index contributed by atoms with van der Waals surface area (Å²) in [5.74, 6) is 1.39. The van der Waals surface area contributed by atoms with Crippen molar-refractivity contribution < 1.29 is 9.90 Å². The fraction of sp³-hybridized carbons (Fsp3) is 0.880. The van der Waals surface area contributed by atoms with Gasteiger partial charge >= 0.3 is 0 Å². The van der Waals surface area contributed by atoms with E-state index in [0.29, 0.717) is 28.7 Å². The van der Waals surface area contributed by atoms with Gasteiger partial charge in [0.2, 0.25) is 0 Å². The van der Waals surface area contributed by atoms with Gasteiger partial charge in [0.05, 0.1) is 6.10 Å². The van der Waals surface area contributed by atoms with Crippen LogP contribution >= 0.6 is 0 Å². The molecule has 156 valence electrons. The first-order valence-electron chi connectivity index (χ1n) is 11.6. The van der Waals surface area contributed by atoms with Crippen LogP contribution in [-0.4, -0.2) is 42.0 Å². The molecule has 28 heavy (non-hydrogen) atoms. The van der Waals surface area contributed by atoms with Crippen molar-refractivity contribution in [3.63, 3.8) is 0 Å². The van der Waals surface area contributed by atoms with E-state index in [1.54, 1.807) is 6.92 Å². The number of ketones is 1. The molecule has 5 aliphatic rings. The smallest absolute Gasteiger partial charge is 0.136 e. The Morgan fingerprint density at radius 3 is 2.43 bits per heavy atom. The molecule has 3 nitrogen and oxygen atoms in total. The molecular weight excluding hydrogens is 346 g/mol. The van der Waals surface area contributed by atoms with Gasteiger partial charge in [-0.15, -0.1) is 0 Å². The molecule has 0 aromatic carbocycles. The summed E-state index contributed by atoms with van der Waals surface area (Å²) in [6.45, 7) is 11.1. The highest BCUT2D eigenvalue weighted by Crippen LogP contribution is 2.87. The zero-order chi connectivity index (χ0) is 20.3. The number of aliphatic hydroxyl groups is 1. The van der Waals surface area contributed by atoms with Gasteiger partial charge in [-0.05, 0) is 106 Å². The van der Waals surface area contributed by atoms with Gasteiger partial charge in [-0.3, -0.25) is 4.79 Å². The zero-order valence-corrected chi connectivity index (χ0v) is 18.6. The molecule has 0 heterocycles. The van der Waals surface area contributed by atoms with Crippen molar-refractivity contribution in [1.29, 1.82) is 0 Å². The summed E-state index contributed by atoms with van der Waals surface area (Å²) in [5, 5.41) is 10.9. The minimum atomic E-state index is -0.450. The summed E-state index contributed by atoms with van der Waals surface area (Å²) in [6.07, 6.45) is 9.25. The quantitative estimate of drug-likeness (QED) is 0.714. The Morgan fingerprint density at radius 2 is 1.79 bits per heavy atom. The molecule has 0 saturated heterocycles. The van der Waals surface area contributed by atoms with Crippen LogP contribution in [0.3, 0.4) is 0 Å². The van der Waals surface area contributed by atoms with Crippen LogP contribution < -0.4 is 0 Å². The molecule has 2 spiro atoms. The number of fused-ring (bicyclic) bond motifs is 2. The molecule has 5 saturated carbocycles. The van der Waals surface area contributed by atoms with Gasteiger partial charge in [0.1, 0.15) is 5.78 Å². The average Bonchev–Trinajstić information content (AvgIpc) is 3.19. The largest absolute Gasteiger partial charge is 0.392 e. The number of Topliss-reactive ketones (excluding diaryl/α,β-unsaturated/α-hetero) is 1. The number of rotatable bonds is 2. The second kappa shape index (κ2) is 5.52. The number of likely N-dealkylation sites (N-methyl/N-ethyl adjacent to an activating group) is 1. The zero-order valence-electron chi connectivity index (χ0n) is 18.6. The number of nitrogens with zero attached hydrogens (tertiary/aromatic N) is 1. The number of carbonyl (C=O) groups excluding carboxylic acids is 1. The number of hydrogen-bond donors (Lipinski definition) is 1. The summed E-state index contributed by atoms with van der Waals surface area (Å²) >= 11 is 0. The number of aliphatic hydroxyl groups excluding tert-OH is 1. The Bertz CT molecular complexity index is 745. The molecule has 1 unspecified atom stereocenters. The number of carbonyl (C=O) groups is 1. The van der Waals surface area contributed by atoms with Crippen molar-refractivity contribution in [2.75, 3.05) is 14.1 Å². The Kier molecular flexibility index (Phi) is 3.80. The normalized spacial score (nSPS) is 57.2. The SMILES string of the molecule is C=C1[C@@H](N(C)C)CC[C@]23C[C@]24CC[C@]2(C)C(C(C)=O)[C@H](O)C[C@@]2(C)[C@@H]4CC[C@@H]13. The first kappa shape index (κ1) is 19.3. The van der Waals surface area contributed by atoms with Crippen molar-refractivity contribution in [2.24, 2.45) is 39.4 Å². The van der Waals surface area contributed by atoms with Crippen LogP contribution in [0.1, 0.15) is 72.1 Å². The van der Waals surface area contributed by atoms with Crippen molar-refractivity contribution in [3.8, 4) is 0 Å². The minimum absolute atomic E-state index is 0.0391. The molecule has 1 N–H and O–H groups in total. The monoisotopic (exact) mass is 385 g/mol. The third-order valence-corrected chi connectivity index (χ3v) is 11.2. The second-order valence-electron chi connectivity index (χ2n) is 12.0. The van der Waals surface area contributed by atoms with Crippen LogP contribution in [0.5, 0.6) is 0 Å². The van der Waals surface area contributed by atoms with Crippen molar-refractivity contribution in [1.82, 2.24) is 4.90 Å². The molecule has 3 heteroatoms. The van der Waals surface area contributed by atoms with Crippen LogP contribution in [0.2, 0.25) is 0 Å². The standard InChI is InChI=1S/C25H39NO2/c1-15-17-7-8-20-23(4)13-19(28)21(16(2)27)22(23,3)11-12-25(20)14-24(17,25)10-9-18(15)26(5)6/h17-21,28H,1,7-14H2,2-6H3/t17-,18-,19+,20-,21?,22+,23-,24+,25-/m0/s1. The van der Waals surface area contributed by atoms with Gasteiger partial charge in [0, 0.05) is 12.0 Å². The van der Waals surface area contributed by atoms with E-state index >= 15 is 0 Å². The van der Waals surface area contributed by atoms with Crippen molar-refractivity contribution in [3.05, 3.63) is 12.2 Å². The van der Waals surface area contributed by atoms with Crippen LogP contribution in [0.4, 0.5) is 0 Å². The summed E-state index contributed by atoms with van der Waals surface area (Å²) < 4.78 is 0. The molecule has 0 aromatic heterocycles. The minimum Gasteiger partial charge on any atom is -0.392 e. The highest BCUT2D eigenvalue weighted by Gasteiger charge is 2.81.